The van der Waals surface area contributed by atoms with E-state index in [0.717, 1.165) is 29.7 Å². The van der Waals surface area contributed by atoms with Gasteiger partial charge in [0, 0.05) is 0 Å². The van der Waals surface area contributed by atoms with E-state index in [4.69, 9.17) is 10.00 Å². The first kappa shape index (κ1) is 16.8. The van der Waals surface area contributed by atoms with Crippen molar-refractivity contribution >= 4 is 0 Å². The normalized spacial score (nSPS) is 10.6. The molecule has 0 atom stereocenters. The van der Waals surface area contributed by atoms with E-state index in [1.54, 1.807) is 0 Å². The lowest BCUT2D eigenvalue weighted by Gasteiger charge is -2.06. The summed E-state index contributed by atoms with van der Waals surface area (Å²) in [5.41, 5.74) is 2.91. The van der Waals surface area contributed by atoms with Crippen LogP contribution >= 0.6 is 0 Å². The van der Waals surface area contributed by atoms with Gasteiger partial charge in [-0.15, -0.1) is 0 Å². The number of hydrogen-bond acceptors (Lipinski definition) is 2. The van der Waals surface area contributed by atoms with Crippen LogP contribution < -0.4 is 4.74 Å². The maximum Gasteiger partial charge on any atom is 0.119 e. The minimum atomic E-state index is 0.681. The van der Waals surface area contributed by atoms with Gasteiger partial charge in [-0.2, -0.15) is 5.26 Å². The van der Waals surface area contributed by atoms with Crippen LogP contribution in [0.2, 0.25) is 0 Å². The SMILES string of the molecule is CCCC/C=C\CCOc1ccc(-c2ccc(C#N)cc2)cc1. The van der Waals surface area contributed by atoms with E-state index in [1.807, 2.05) is 48.5 Å². The van der Waals surface area contributed by atoms with Crippen LogP contribution in [-0.4, -0.2) is 6.61 Å². The topological polar surface area (TPSA) is 33.0 Å². The molecule has 23 heavy (non-hydrogen) atoms. The molecule has 0 aliphatic carbocycles. The predicted molar refractivity (Wildman–Crippen MR) is 95.4 cm³/mol. The molecule has 0 saturated carbocycles. The van der Waals surface area contributed by atoms with E-state index in [1.165, 1.54) is 12.8 Å². The summed E-state index contributed by atoms with van der Waals surface area (Å²) in [7, 11) is 0. The smallest absolute Gasteiger partial charge is 0.119 e. The van der Waals surface area contributed by atoms with E-state index in [2.05, 4.69) is 25.1 Å². The molecule has 0 unspecified atom stereocenters. The summed E-state index contributed by atoms with van der Waals surface area (Å²) in [6.07, 6.45) is 9.04. The molecular weight excluding hydrogens is 282 g/mol. The summed E-state index contributed by atoms with van der Waals surface area (Å²) < 4.78 is 5.75. The first-order chi connectivity index (χ1) is 11.3. The number of unbranched alkanes of at least 4 members (excludes halogenated alkanes) is 2. The van der Waals surface area contributed by atoms with Crippen molar-refractivity contribution in [1.82, 2.24) is 0 Å². The van der Waals surface area contributed by atoms with Crippen LogP contribution in [0.1, 0.15) is 38.2 Å². The third-order valence-corrected chi connectivity index (χ3v) is 3.65. The molecule has 0 amide bonds. The third kappa shape index (κ3) is 5.64. The molecule has 0 saturated heterocycles. The summed E-state index contributed by atoms with van der Waals surface area (Å²) in [5, 5.41) is 8.83. The fourth-order valence-corrected chi connectivity index (χ4v) is 2.28. The van der Waals surface area contributed by atoms with Gasteiger partial charge in [-0.3, -0.25) is 0 Å². The second-order valence-corrected chi connectivity index (χ2v) is 5.46. The van der Waals surface area contributed by atoms with Crippen LogP contribution in [0.5, 0.6) is 5.75 Å². The van der Waals surface area contributed by atoms with Gasteiger partial charge >= 0.3 is 0 Å². The lowest BCUT2D eigenvalue weighted by molar-refractivity contribution is 0.325. The van der Waals surface area contributed by atoms with E-state index >= 15 is 0 Å². The van der Waals surface area contributed by atoms with Crippen LogP contribution in [-0.2, 0) is 0 Å². The van der Waals surface area contributed by atoms with Gasteiger partial charge in [0.2, 0.25) is 0 Å². The highest BCUT2D eigenvalue weighted by Gasteiger charge is 1.99. The monoisotopic (exact) mass is 305 g/mol. The highest BCUT2D eigenvalue weighted by atomic mass is 16.5. The number of allylic oxidation sites excluding steroid dienone is 1. The minimum Gasteiger partial charge on any atom is -0.493 e. The highest BCUT2D eigenvalue weighted by molar-refractivity contribution is 5.64. The van der Waals surface area contributed by atoms with Gasteiger partial charge in [-0.25, -0.2) is 0 Å². The first-order valence-electron chi connectivity index (χ1n) is 8.22. The Bertz CT molecular complexity index is 648. The second kappa shape index (κ2) is 9.48. The highest BCUT2D eigenvalue weighted by Crippen LogP contribution is 2.22. The Morgan fingerprint density at radius 3 is 2.13 bits per heavy atom. The Balaban J connectivity index is 1.82. The van der Waals surface area contributed by atoms with E-state index in [9.17, 15) is 0 Å². The lowest BCUT2D eigenvalue weighted by atomic mass is 10.0. The number of benzene rings is 2. The minimum absolute atomic E-state index is 0.681. The van der Waals surface area contributed by atoms with Crippen LogP contribution in [0.3, 0.4) is 0 Å². The molecule has 118 valence electrons. The summed E-state index contributed by atoms with van der Waals surface area (Å²) in [4.78, 5) is 0. The summed E-state index contributed by atoms with van der Waals surface area (Å²) in [6, 6.07) is 17.8. The molecule has 0 aliphatic heterocycles. The number of ether oxygens (including phenoxy) is 1. The number of nitrogens with zero attached hydrogens (tertiary/aromatic N) is 1. The molecule has 2 rings (SSSR count). The molecule has 0 aliphatic rings. The second-order valence-electron chi connectivity index (χ2n) is 5.46. The molecule has 2 heteroatoms. The van der Waals surface area contributed by atoms with Crippen molar-refractivity contribution in [3.8, 4) is 22.9 Å². The number of nitriles is 1. The van der Waals surface area contributed by atoms with Crippen LogP contribution in [0.25, 0.3) is 11.1 Å². The fraction of sp³-hybridized carbons (Fsp3) is 0.286. The Morgan fingerprint density at radius 2 is 1.52 bits per heavy atom. The van der Waals surface area contributed by atoms with Crippen molar-refractivity contribution in [2.45, 2.75) is 32.6 Å². The molecule has 0 bridgehead atoms. The zero-order chi connectivity index (χ0) is 16.3. The standard InChI is InChI=1S/C21H23NO/c1-2-3-4-5-6-7-16-23-21-14-12-20(13-15-21)19-10-8-18(17-22)9-11-19/h5-6,8-15H,2-4,7,16H2,1H3/b6-5-. The van der Waals surface area contributed by atoms with Crippen molar-refractivity contribution in [3.05, 3.63) is 66.2 Å². The van der Waals surface area contributed by atoms with Crippen LogP contribution in [0.4, 0.5) is 0 Å². The quantitative estimate of drug-likeness (QED) is 0.460. The van der Waals surface area contributed by atoms with Crippen LogP contribution in [0.15, 0.2) is 60.7 Å². The summed E-state index contributed by atoms with van der Waals surface area (Å²) in [5.74, 6) is 0.893. The predicted octanol–water partition coefficient (Wildman–Crippen LogP) is 5.74. The number of rotatable bonds is 8. The lowest BCUT2D eigenvalue weighted by Crippen LogP contribution is -1.95. The summed E-state index contributed by atoms with van der Waals surface area (Å²) in [6.45, 7) is 2.91. The van der Waals surface area contributed by atoms with Crippen LogP contribution in [0, 0.1) is 11.3 Å². The molecule has 0 heterocycles. The third-order valence-electron chi connectivity index (χ3n) is 3.65. The van der Waals surface area contributed by atoms with E-state index in [0.29, 0.717) is 12.2 Å². The average molecular weight is 305 g/mol. The first-order valence-corrected chi connectivity index (χ1v) is 8.22. The Labute approximate surface area is 139 Å². The molecule has 2 nitrogen and oxygen atoms in total. The van der Waals surface area contributed by atoms with Crippen molar-refractivity contribution < 1.29 is 4.74 Å². The molecule has 2 aromatic rings. The van der Waals surface area contributed by atoms with Crippen molar-refractivity contribution in [1.29, 1.82) is 5.26 Å². The molecule has 0 aromatic heterocycles. The Kier molecular flexibility index (Phi) is 6.94. The fourth-order valence-electron chi connectivity index (χ4n) is 2.28. The molecule has 0 N–H and O–H groups in total. The van der Waals surface area contributed by atoms with Gasteiger partial charge < -0.3 is 4.74 Å². The Morgan fingerprint density at radius 1 is 0.913 bits per heavy atom. The van der Waals surface area contributed by atoms with E-state index in [-0.39, 0.29) is 0 Å². The zero-order valence-electron chi connectivity index (χ0n) is 13.7. The van der Waals surface area contributed by atoms with Gasteiger partial charge in [-0.1, -0.05) is 56.2 Å². The van der Waals surface area contributed by atoms with Crippen molar-refractivity contribution in [2.75, 3.05) is 6.61 Å². The molecule has 0 spiro atoms. The van der Waals surface area contributed by atoms with Gasteiger partial charge in [-0.05, 0) is 48.2 Å². The van der Waals surface area contributed by atoms with Gasteiger partial charge in [0.1, 0.15) is 5.75 Å². The molecule has 0 fully saturated rings. The maximum atomic E-state index is 8.83. The molecular formula is C21H23NO. The number of hydrogen-bond donors (Lipinski definition) is 0. The molecule has 0 radical (unpaired) electrons. The van der Waals surface area contributed by atoms with Crippen molar-refractivity contribution in [2.24, 2.45) is 0 Å². The van der Waals surface area contributed by atoms with E-state index < -0.39 is 0 Å². The molecule has 2 aromatic carbocycles. The largest absolute Gasteiger partial charge is 0.493 e. The van der Waals surface area contributed by atoms with Gasteiger partial charge in [0.05, 0.1) is 18.2 Å². The zero-order valence-corrected chi connectivity index (χ0v) is 13.7. The maximum absolute atomic E-state index is 8.83. The summed E-state index contributed by atoms with van der Waals surface area (Å²) >= 11 is 0. The van der Waals surface area contributed by atoms with Crippen molar-refractivity contribution in [3.63, 3.8) is 0 Å². The van der Waals surface area contributed by atoms with Gasteiger partial charge in [0.15, 0.2) is 0 Å². The van der Waals surface area contributed by atoms with Gasteiger partial charge in [0.25, 0.3) is 0 Å². The average Bonchev–Trinajstić information content (AvgIpc) is 2.61. The Hall–Kier alpha value is -2.53.